The lowest BCUT2D eigenvalue weighted by molar-refractivity contribution is -0.137. The summed E-state index contributed by atoms with van der Waals surface area (Å²) in [6, 6.07) is 16.4. The van der Waals surface area contributed by atoms with Crippen molar-refractivity contribution in [2.24, 2.45) is 5.14 Å². The van der Waals surface area contributed by atoms with Gasteiger partial charge in [0, 0.05) is 23.3 Å². The standard InChI is InChI=1S/C24H21F3N6O2S2/c25-24(26,27)16-2-1-3-17(12-16)32-22-20-13-18(6-9-21(20)30-14-31-22)33-23(36)29-11-10-15-4-7-19(8-5-15)37(28,34)35/h1-9,12-14H,10-11H2,(H2,28,34,35)(H2,29,33,36)(H,30,31,32). The molecule has 0 aliphatic carbocycles. The third-order valence-electron chi connectivity index (χ3n) is 5.30. The van der Waals surface area contributed by atoms with Crippen molar-refractivity contribution in [2.45, 2.75) is 17.5 Å². The van der Waals surface area contributed by atoms with E-state index in [0.29, 0.717) is 40.5 Å². The van der Waals surface area contributed by atoms with Gasteiger partial charge in [0.25, 0.3) is 0 Å². The van der Waals surface area contributed by atoms with Gasteiger partial charge in [-0.05, 0) is 72.7 Å². The van der Waals surface area contributed by atoms with Gasteiger partial charge in [0.1, 0.15) is 12.1 Å². The average Bonchev–Trinajstić information content (AvgIpc) is 2.84. The van der Waals surface area contributed by atoms with Crippen LogP contribution in [0, 0.1) is 0 Å². The van der Waals surface area contributed by atoms with E-state index < -0.39 is 21.8 Å². The highest BCUT2D eigenvalue weighted by atomic mass is 32.2. The molecule has 8 nitrogen and oxygen atoms in total. The number of primary sulfonamides is 1. The molecule has 0 fully saturated rings. The van der Waals surface area contributed by atoms with Gasteiger partial charge in [-0.1, -0.05) is 18.2 Å². The Bertz CT molecular complexity index is 1540. The molecule has 192 valence electrons. The number of thiocarbonyl (C=S) groups is 1. The van der Waals surface area contributed by atoms with E-state index in [1.54, 1.807) is 30.3 Å². The highest BCUT2D eigenvalue weighted by Gasteiger charge is 2.30. The van der Waals surface area contributed by atoms with Crippen LogP contribution in [0.3, 0.4) is 0 Å². The number of sulfonamides is 1. The molecule has 0 unspecified atom stereocenters. The van der Waals surface area contributed by atoms with Gasteiger partial charge in [0.2, 0.25) is 10.0 Å². The molecule has 1 heterocycles. The highest BCUT2D eigenvalue weighted by Crippen LogP contribution is 2.32. The Kier molecular flexibility index (Phi) is 7.57. The van der Waals surface area contributed by atoms with Gasteiger partial charge in [-0.2, -0.15) is 13.2 Å². The van der Waals surface area contributed by atoms with Crippen molar-refractivity contribution in [3.05, 3.63) is 84.2 Å². The number of rotatable bonds is 7. The number of benzene rings is 3. The lowest BCUT2D eigenvalue weighted by atomic mass is 10.1. The predicted octanol–water partition coefficient (Wildman–Crippen LogP) is 4.57. The molecule has 0 amide bonds. The number of hydrogen-bond donors (Lipinski definition) is 4. The number of aromatic nitrogens is 2. The molecule has 0 radical (unpaired) electrons. The molecule has 0 aliphatic rings. The second kappa shape index (κ2) is 10.7. The van der Waals surface area contributed by atoms with Gasteiger partial charge in [-0.3, -0.25) is 0 Å². The van der Waals surface area contributed by atoms with Gasteiger partial charge < -0.3 is 16.0 Å². The molecule has 1 aromatic heterocycles. The van der Waals surface area contributed by atoms with E-state index in [2.05, 4.69) is 25.9 Å². The fourth-order valence-corrected chi connectivity index (χ4v) is 4.22. The number of hydrogen-bond acceptors (Lipinski definition) is 6. The summed E-state index contributed by atoms with van der Waals surface area (Å²) in [5.41, 5.74) is 1.59. The maximum atomic E-state index is 13.1. The number of nitrogens with two attached hydrogens (primary N) is 1. The van der Waals surface area contributed by atoms with Gasteiger partial charge in [-0.25, -0.2) is 23.5 Å². The molecule has 0 atom stereocenters. The van der Waals surface area contributed by atoms with Crippen LogP contribution in [0.1, 0.15) is 11.1 Å². The third-order valence-corrected chi connectivity index (χ3v) is 6.47. The molecular formula is C24H21F3N6O2S2. The smallest absolute Gasteiger partial charge is 0.362 e. The number of nitrogens with zero attached hydrogens (tertiary/aromatic N) is 2. The van der Waals surface area contributed by atoms with Crippen molar-refractivity contribution in [3.8, 4) is 0 Å². The van der Waals surface area contributed by atoms with E-state index in [1.165, 1.54) is 30.6 Å². The maximum absolute atomic E-state index is 13.1. The van der Waals surface area contributed by atoms with Gasteiger partial charge >= 0.3 is 6.18 Å². The number of alkyl halides is 3. The zero-order valence-corrected chi connectivity index (χ0v) is 20.7. The Hall–Kier alpha value is -3.81. The van der Waals surface area contributed by atoms with Crippen LogP contribution >= 0.6 is 12.2 Å². The highest BCUT2D eigenvalue weighted by molar-refractivity contribution is 7.89. The molecular weight excluding hydrogens is 525 g/mol. The van der Waals surface area contributed by atoms with Crippen LogP contribution < -0.4 is 21.1 Å². The first-order valence-corrected chi connectivity index (χ1v) is 12.8. The van der Waals surface area contributed by atoms with Crippen molar-refractivity contribution in [2.75, 3.05) is 17.2 Å². The zero-order valence-electron chi connectivity index (χ0n) is 19.1. The molecule has 0 spiro atoms. The van der Waals surface area contributed by atoms with Crippen molar-refractivity contribution in [1.82, 2.24) is 15.3 Å². The number of anilines is 3. The van der Waals surface area contributed by atoms with Crippen LogP contribution in [-0.2, 0) is 22.6 Å². The molecule has 0 aliphatic heterocycles. The van der Waals surface area contributed by atoms with Gasteiger partial charge in [-0.15, -0.1) is 0 Å². The summed E-state index contributed by atoms with van der Waals surface area (Å²) in [6.07, 6.45) is -2.55. The molecule has 4 aromatic rings. The second-order valence-corrected chi connectivity index (χ2v) is 9.95. The number of halogens is 3. The summed E-state index contributed by atoms with van der Waals surface area (Å²) in [5.74, 6) is 0.342. The molecule has 3 aromatic carbocycles. The molecule has 0 saturated carbocycles. The normalized spacial score (nSPS) is 11.8. The fourth-order valence-electron chi connectivity index (χ4n) is 3.49. The largest absolute Gasteiger partial charge is 0.416 e. The number of nitrogens with one attached hydrogen (secondary N) is 3. The summed E-state index contributed by atoms with van der Waals surface area (Å²) in [6.45, 7) is 0.486. The zero-order chi connectivity index (χ0) is 26.6. The van der Waals surface area contributed by atoms with Crippen molar-refractivity contribution in [1.29, 1.82) is 0 Å². The average molecular weight is 547 g/mol. The first-order chi connectivity index (χ1) is 17.5. The maximum Gasteiger partial charge on any atom is 0.416 e. The lowest BCUT2D eigenvalue weighted by Gasteiger charge is -2.13. The minimum absolute atomic E-state index is 0.0450. The first-order valence-electron chi connectivity index (χ1n) is 10.8. The Morgan fingerprint density at radius 1 is 0.973 bits per heavy atom. The summed E-state index contributed by atoms with van der Waals surface area (Å²) in [4.78, 5) is 8.45. The van der Waals surface area contributed by atoms with E-state index in [9.17, 15) is 21.6 Å². The van der Waals surface area contributed by atoms with Crippen LogP contribution in [0.15, 0.2) is 78.0 Å². The first kappa shape index (κ1) is 26.3. The molecule has 4 rings (SSSR count). The second-order valence-electron chi connectivity index (χ2n) is 7.98. The van der Waals surface area contributed by atoms with Crippen LogP contribution in [-0.4, -0.2) is 30.0 Å². The Balaban J connectivity index is 1.41. The molecule has 37 heavy (non-hydrogen) atoms. The summed E-state index contributed by atoms with van der Waals surface area (Å²) in [5, 5.41) is 15.1. The van der Waals surface area contributed by atoms with E-state index in [-0.39, 0.29) is 10.6 Å². The topological polar surface area (TPSA) is 122 Å². The fraction of sp³-hybridized carbons (Fsp3) is 0.125. The molecule has 13 heteroatoms. The Morgan fingerprint density at radius 2 is 1.73 bits per heavy atom. The quantitative estimate of drug-likeness (QED) is 0.249. The van der Waals surface area contributed by atoms with E-state index in [0.717, 1.165) is 17.7 Å². The third kappa shape index (κ3) is 6.90. The van der Waals surface area contributed by atoms with Crippen LogP contribution in [0.5, 0.6) is 0 Å². The van der Waals surface area contributed by atoms with Crippen LogP contribution in [0.4, 0.5) is 30.4 Å². The van der Waals surface area contributed by atoms with E-state index in [4.69, 9.17) is 17.4 Å². The van der Waals surface area contributed by atoms with Crippen molar-refractivity contribution in [3.63, 3.8) is 0 Å². The van der Waals surface area contributed by atoms with Gasteiger partial charge in [0.15, 0.2) is 5.11 Å². The van der Waals surface area contributed by atoms with Crippen molar-refractivity contribution < 1.29 is 21.6 Å². The van der Waals surface area contributed by atoms with Crippen LogP contribution in [0.25, 0.3) is 10.9 Å². The molecule has 5 N–H and O–H groups in total. The van der Waals surface area contributed by atoms with Gasteiger partial charge in [0.05, 0.1) is 16.0 Å². The Morgan fingerprint density at radius 3 is 2.43 bits per heavy atom. The predicted molar refractivity (Wildman–Crippen MR) is 140 cm³/mol. The SMILES string of the molecule is NS(=O)(=O)c1ccc(CCNC(=S)Nc2ccc3ncnc(Nc4cccc(C(F)(F)F)c4)c3c2)cc1. The number of fused-ring (bicyclic) bond motifs is 1. The summed E-state index contributed by atoms with van der Waals surface area (Å²) in [7, 11) is -3.74. The minimum Gasteiger partial charge on any atom is -0.362 e. The van der Waals surface area contributed by atoms with Crippen molar-refractivity contribution >= 4 is 55.4 Å². The van der Waals surface area contributed by atoms with E-state index in [1.807, 2.05) is 0 Å². The molecule has 0 saturated heterocycles. The summed E-state index contributed by atoms with van der Waals surface area (Å²) >= 11 is 5.36. The minimum atomic E-state index is -4.46. The van der Waals surface area contributed by atoms with Crippen LogP contribution in [0.2, 0.25) is 0 Å². The van der Waals surface area contributed by atoms with E-state index >= 15 is 0 Å². The molecule has 0 bridgehead atoms. The summed E-state index contributed by atoms with van der Waals surface area (Å²) < 4.78 is 61.9. The lowest BCUT2D eigenvalue weighted by Crippen LogP contribution is -2.30. The Labute approximate surface area is 216 Å². The monoisotopic (exact) mass is 546 g/mol.